The van der Waals surface area contributed by atoms with Crippen molar-refractivity contribution in [2.45, 2.75) is 20.0 Å². The summed E-state index contributed by atoms with van der Waals surface area (Å²) >= 11 is 0. The molecule has 0 aliphatic carbocycles. The number of nitrogens with zero attached hydrogens (tertiary/aromatic N) is 2. The van der Waals surface area contributed by atoms with Crippen molar-refractivity contribution in [2.24, 2.45) is 11.7 Å². The Morgan fingerprint density at radius 1 is 1.35 bits per heavy atom. The van der Waals surface area contributed by atoms with Crippen LogP contribution >= 0.6 is 0 Å². The Morgan fingerprint density at radius 2 is 2.05 bits per heavy atom. The van der Waals surface area contributed by atoms with Crippen LogP contribution in [0.4, 0.5) is 0 Å². The normalized spacial score (nSPS) is 12.1. The van der Waals surface area contributed by atoms with Gasteiger partial charge in [-0.15, -0.1) is 0 Å². The fourth-order valence-electron chi connectivity index (χ4n) is 1.81. The highest BCUT2D eigenvalue weighted by molar-refractivity contribution is 5.78. The molecular weight excluding hydrogens is 252 g/mol. The van der Waals surface area contributed by atoms with Gasteiger partial charge < -0.3 is 11.1 Å². The number of rotatable bonds is 6. The first kappa shape index (κ1) is 14.3. The lowest BCUT2D eigenvalue weighted by atomic mass is 10.1. The molecule has 0 saturated carbocycles. The van der Waals surface area contributed by atoms with Crippen LogP contribution in [0.15, 0.2) is 42.7 Å². The molecule has 1 heterocycles. The summed E-state index contributed by atoms with van der Waals surface area (Å²) in [6.45, 7) is 3.48. The van der Waals surface area contributed by atoms with Gasteiger partial charge in [-0.3, -0.25) is 9.48 Å². The first-order valence-corrected chi connectivity index (χ1v) is 6.72. The molecule has 0 radical (unpaired) electrons. The van der Waals surface area contributed by atoms with Crippen molar-refractivity contribution in [2.75, 3.05) is 6.54 Å². The molecule has 5 heteroatoms. The highest BCUT2D eigenvalue weighted by Crippen LogP contribution is 2.06. The molecule has 1 amide bonds. The fourth-order valence-corrected chi connectivity index (χ4v) is 1.81. The van der Waals surface area contributed by atoms with Crippen LogP contribution in [0.25, 0.3) is 0 Å². The minimum Gasteiger partial charge on any atom is -0.352 e. The van der Waals surface area contributed by atoms with Gasteiger partial charge in [0.15, 0.2) is 0 Å². The van der Waals surface area contributed by atoms with Crippen molar-refractivity contribution in [3.63, 3.8) is 0 Å². The van der Waals surface area contributed by atoms with Gasteiger partial charge in [-0.05, 0) is 17.2 Å². The fraction of sp³-hybridized carbons (Fsp3) is 0.333. The number of benzene rings is 1. The second-order valence-corrected chi connectivity index (χ2v) is 4.87. The molecule has 1 aromatic heterocycles. The van der Waals surface area contributed by atoms with E-state index in [1.807, 2.05) is 36.0 Å². The standard InChI is InChI=1S/C15H20N4O/c1-12(9-16)15(20)17-10-13-3-5-14(6-4-13)11-19-8-2-7-18-19/h2-8,12H,9-11,16H2,1H3,(H,17,20). The number of hydrogen-bond acceptors (Lipinski definition) is 3. The maximum absolute atomic E-state index is 11.6. The van der Waals surface area contributed by atoms with E-state index in [1.54, 1.807) is 6.20 Å². The zero-order valence-electron chi connectivity index (χ0n) is 11.6. The molecule has 2 rings (SSSR count). The predicted molar refractivity (Wildman–Crippen MR) is 77.8 cm³/mol. The topological polar surface area (TPSA) is 72.9 Å². The molecule has 106 valence electrons. The maximum atomic E-state index is 11.6. The second-order valence-electron chi connectivity index (χ2n) is 4.87. The van der Waals surface area contributed by atoms with Crippen molar-refractivity contribution in [3.05, 3.63) is 53.9 Å². The van der Waals surface area contributed by atoms with E-state index in [0.717, 1.165) is 12.1 Å². The van der Waals surface area contributed by atoms with Crippen molar-refractivity contribution >= 4 is 5.91 Å². The van der Waals surface area contributed by atoms with Crippen LogP contribution in [0.5, 0.6) is 0 Å². The van der Waals surface area contributed by atoms with E-state index in [2.05, 4.69) is 22.5 Å². The first-order valence-electron chi connectivity index (χ1n) is 6.72. The van der Waals surface area contributed by atoms with Gasteiger partial charge in [0.25, 0.3) is 0 Å². The first-order chi connectivity index (χ1) is 9.69. The van der Waals surface area contributed by atoms with Crippen LogP contribution in [0.3, 0.4) is 0 Å². The highest BCUT2D eigenvalue weighted by Gasteiger charge is 2.09. The quantitative estimate of drug-likeness (QED) is 0.828. The average molecular weight is 272 g/mol. The Kier molecular flexibility index (Phi) is 4.90. The number of hydrogen-bond donors (Lipinski definition) is 2. The molecule has 0 aliphatic heterocycles. The summed E-state index contributed by atoms with van der Waals surface area (Å²) in [4.78, 5) is 11.6. The molecule has 2 aromatic rings. The van der Waals surface area contributed by atoms with Gasteiger partial charge >= 0.3 is 0 Å². The average Bonchev–Trinajstić information content (AvgIpc) is 2.98. The lowest BCUT2D eigenvalue weighted by molar-refractivity contribution is -0.124. The molecule has 0 spiro atoms. The zero-order valence-corrected chi connectivity index (χ0v) is 11.6. The van der Waals surface area contributed by atoms with E-state index in [0.29, 0.717) is 13.1 Å². The molecule has 1 atom stereocenters. The number of aromatic nitrogens is 2. The summed E-state index contributed by atoms with van der Waals surface area (Å²) in [6, 6.07) is 10.0. The Hall–Kier alpha value is -2.14. The van der Waals surface area contributed by atoms with Crippen LogP contribution in [0.2, 0.25) is 0 Å². The summed E-state index contributed by atoms with van der Waals surface area (Å²) in [5, 5.41) is 7.05. The largest absolute Gasteiger partial charge is 0.352 e. The molecule has 1 aromatic carbocycles. The number of carbonyl (C=O) groups is 1. The lowest BCUT2D eigenvalue weighted by Gasteiger charge is -2.10. The van der Waals surface area contributed by atoms with E-state index in [9.17, 15) is 4.79 Å². The van der Waals surface area contributed by atoms with Crippen LogP contribution in [-0.2, 0) is 17.9 Å². The molecule has 20 heavy (non-hydrogen) atoms. The summed E-state index contributed by atoms with van der Waals surface area (Å²) in [6.07, 6.45) is 3.70. The molecular formula is C15H20N4O. The predicted octanol–water partition coefficient (Wildman–Crippen LogP) is 1.14. The number of nitrogens with one attached hydrogen (secondary N) is 1. The van der Waals surface area contributed by atoms with Crippen LogP contribution in [-0.4, -0.2) is 22.2 Å². The number of nitrogens with two attached hydrogens (primary N) is 1. The molecule has 3 N–H and O–H groups in total. The molecule has 0 fully saturated rings. The molecule has 0 bridgehead atoms. The molecule has 0 saturated heterocycles. The molecule has 1 unspecified atom stereocenters. The van der Waals surface area contributed by atoms with Gasteiger partial charge in [-0.1, -0.05) is 31.2 Å². The second kappa shape index (κ2) is 6.86. The van der Waals surface area contributed by atoms with Gasteiger partial charge in [-0.2, -0.15) is 5.10 Å². The van der Waals surface area contributed by atoms with Gasteiger partial charge in [0.2, 0.25) is 5.91 Å². The van der Waals surface area contributed by atoms with Crippen molar-refractivity contribution in [3.8, 4) is 0 Å². The lowest BCUT2D eigenvalue weighted by Crippen LogP contribution is -2.32. The minimum absolute atomic E-state index is 0.00637. The van der Waals surface area contributed by atoms with E-state index in [1.165, 1.54) is 5.56 Å². The smallest absolute Gasteiger partial charge is 0.224 e. The Balaban J connectivity index is 1.87. The van der Waals surface area contributed by atoms with Crippen molar-refractivity contribution < 1.29 is 4.79 Å². The van der Waals surface area contributed by atoms with E-state index < -0.39 is 0 Å². The van der Waals surface area contributed by atoms with E-state index >= 15 is 0 Å². The summed E-state index contributed by atoms with van der Waals surface area (Å²) < 4.78 is 1.87. The van der Waals surface area contributed by atoms with Gasteiger partial charge in [0.05, 0.1) is 6.54 Å². The SMILES string of the molecule is CC(CN)C(=O)NCc1ccc(Cn2cccn2)cc1. The van der Waals surface area contributed by atoms with E-state index in [-0.39, 0.29) is 11.8 Å². The summed E-state index contributed by atoms with van der Waals surface area (Å²) in [7, 11) is 0. The third-order valence-electron chi connectivity index (χ3n) is 3.19. The monoisotopic (exact) mass is 272 g/mol. The molecule has 5 nitrogen and oxygen atoms in total. The van der Waals surface area contributed by atoms with E-state index in [4.69, 9.17) is 5.73 Å². The van der Waals surface area contributed by atoms with Gasteiger partial charge in [-0.25, -0.2) is 0 Å². The third kappa shape index (κ3) is 3.93. The summed E-state index contributed by atoms with van der Waals surface area (Å²) in [5.74, 6) is -0.151. The van der Waals surface area contributed by atoms with Crippen LogP contribution in [0, 0.1) is 5.92 Å². The Labute approximate surface area is 118 Å². The van der Waals surface area contributed by atoms with Crippen molar-refractivity contribution in [1.82, 2.24) is 15.1 Å². The number of amides is 1. The maximum Gasteiger partial charge on any atom is 0.224 e. The minimum atomic E-state index is -0.144. The van der Waals surface area contributed by atoms with Crippen LogP contribution in [0.1, 0.15) is 18.1 Å². The van der Waals surface area contributed by atoms with Crippen molar-refractivity contribution in [1.29, 1.82) is 0 Å². The number of carbonyl (C=O) groups excluding carboxylic acids is 1. The Bertz CT molecular complexity index is 534. The van der Waals surface area contributed by atoms with Crippen LogP contribution < -0.4 is 11.1 Å². The van der Waals surface area contributed by atoms with Gasteiger partial charge in [0, 0.05) is 31.4 Å². The Morgan fingerprint density at radius 3 is 2.65 bits per heavy atom. The summed E-state index contributed by atoms with van der Waals surface area (Å²) in [5.41, 5.74) is 7.71. The molecule has 0 aliphatic rings. The zero-order chi connectivity index (χ0) is 14.4. The third-order valence-corrected chi connectivity index (χ3v) is 3.19. The highest BCUT2D eigenvalue weighted by atomic mass is 16.1. The van der Waals surface area contributed by atoms with Gasteiger partial charge in [0.1, 0.15) is 0 Å².